The molecule has 0 aliphatic rings. The molecular weight excluding hydrogens is 297 g/mol. The monoisotopic (exact) mass is 313 g/mol. The number of hydrogen-bond acceptors (Lipinski definition) is 3. The lowest BCUT2D eigenvalue weighted by Gasteiger charge is -2.21. The highest BCUT2D eigenvalue weighted by Crippen LogP contribution is 2.26. The van der Waals surface area contributed by atoms with Crippen LogP contribution in [0.1, 0.15) is 19.4 Å². The molecule has 0 aliphatic heterocycles. The molecule has 5 heteroatoms. The third-order valence-electron chi connectivity index (χ3n) is 2.86. The molecule has 1 N–H and O–H groups in total. The van der Waals surface area contributed by atoms with Gasteiger partial charge in [-0.05, 0) is 49.0 Å². The molecule has 18 heavy (non-hydrogen) atoms. The van der Waals surface area contributed by atoms with Crippen LogP contribution in [-0.4, -0.2) is 31.1 Å². The van der Waals surface area contributed by atoms with Crippen molar-refractivity contribution in [3.05, 3.63) is 28.0 Å². The highest BCUT2D eigenvalue weighted by Gasteiger charge is 2.11. The van der Waals surface area contributed by atoms with Crippen LogP contribution < -0.4 is 5.32 Å². The molecule has 1 rings (SSSR count). The van der Waals surface area contributed by atoms with Gasteiger partial charge in [0.1, 0.15) is 6.07 Å². The average Bonchev–Trinajstić information content (AvgIpc) is 2.34. The molecule has 0 amide bonds. The zero-order chi connectivity index (χ0) is 13.7. The van der Waals surface area contributed by atoms with Crippen molar-refractivity contribution in [2.45, 2.75) is 19.9 Å². The molecule has 98 valence electrons. The summed E-state index contributed by atoms with van der Waals surface area (Å²) in [5.74, 6) is -0.416. The lowest BCUT2D eigenvalue weighted by Crippen LogP contribution is -2.31. The highest BCUT2D eigenvalue weighted by atomic mass is 79.9. The van der Waals surface area contributed by atoms with Gasteiger partial charge in [0.25, 0.3) is 0 Å². The summed E-state index contributed by atoms with van der Waals surface area (Å²) in [6.07, 6.45) is 0. The van der Waals surface area contributed by atoms with E-state index in [9.17, 15) is 4.39 Å². The number of rotatable bonds is 5. The van der Waals surface area contributed by atoms with Gasteiger partial charge in [-0.1, -0.05) is 0 Å². The largest absolute Gasteiger partial charge is 0.381 e. The molecule has 0 aromatic heterocycles. The summed E-state index contributed by atoms with van der Waals surface area (Å²) >= 11 is 3.09. The molecule has 1 aromatic carbocycles. The van der Waals surface area contributed by atoms with E-state index in [0.717, 1.165) is 6.54 Å². The van der Waals surface area contributed by atoms with E-state index >= 15 is 0 Å². The van der Waals surface area contributed by atoms with Crippen molar-refractivity contribution < 1.29 is 4.39 Å². The zero-order valence-corrected chi connectivity index (χ0v) is 12.4. The van der Waals surface area contributed by atoms with Gasteiger partial charge in [-0.15, -0.1) is 0 Å². The fourth-order valence-corrected chi connectivity index (χ4v) is 1.83. The second-order valence-electron chi connectivity index (χ2n) is 4.40. The van der Waals surface area contributed by atoms with E-state index in [4.69, 9.17) is 5.26 Å². The van der Waals surface area contributed by atoms with Crippen molar-refractivity contribution in [2.75, 3.05) is 25.5 Å². The molecule has 0 unspecified atom stereocenters. The van der Waals surface area contributed by atoms with Gasteiger partial charge >= 0.3 is 0 Å². The maximum Gasteiger partial charge on any atom is 0.161 e. The maximum atomic E-state index is 13.9. The van der Waals surface area contributed by atoms with E-state index in [2.05, 4.69) is 40.0 Å². The molecule has 0 heterocycles. The summed E-state index contributed by atoms with van der Waals surface area (Å²) < 4.78 is 14.1. The van der Waals surface area contributed by atoms with Crippen LogP contribution in [0.2, 0.25) is 0 Å². The Bertz CT molecular complexity index is 454. The summed E-state index contributed by atoms with van der Waals surface area (Å²) in [6, 6.07) is 5.58. The van der Waals surface area contributed by atoms with Crippen LogP contribution in [0.15, 0.2) is 16.6 Å². The first-order chi connectivity index (χ1) is 8.47. The van der Waals surface area contributed by atoms with Crippen molar-refractivity contribution in [3.8, 4) is 6.07 Å². The third-order valence-corrected chi connectivity index (χ3v) is 3.64. The summed E-state index contributed by atoms with van der Waals surface area (Å²) in [6.45, 7) is 5.70. The fourth-order valence-electron chi connectivity index (χ4n) is 1.40. The Morgan fingerprint density at radius 1 is 1.50 bits per heavy atom. The fraction of sp³-hybridized carbons (Fsp3) is 0.462. The van der Waals surface area contributed by atoms with E-state index < -0.39 is 5.82 Å². The predicted octanol–water partition coefficient (Wildman–Crippen LogP) is 3.21. The molecule has 0 aliphatic carbocycles. The van der Waals surface area contributed by atoms with E-state index in [1.165, 1.54) is 0 Å². The minimum Gasteiger partial charge on any atom is -0.381 e. The van der Waals surface area contributed by atoms with Crippen LogP contribution in [0.3, 0.4) is 0 Å². The van der Waals surface area contributed by atoms with Gasteiger partial charge in [0, 0.05) is 19.1 Å². The average molecular weight is 314 g/mol. The Balaban J connectivity index is 2.64. The number of anilines is 1. The van der Waals surface area contributed by atoms with Gasteiger partial charge in [-0.25, -0.2) is 4.39 Å². The van der Waals surface area contributed by atoms with Crippen LogP contribution in [-0.2, 0) is 0 Å². The number of nitriles is 1. The minimum atomic E-state index is -0.416. The zero-order valence-electron chi connectivity index (χ0n) is 10.8. The first kappa shape index (κ1) is 14.9. The van der Waals surface area contributed by atoms with Gasteiger partial charge in [0.05, 0.1) is 15.7 Å². The quantitative estimate of drug-likeness (QED) is 0.907. The Hall–Kier alpha value is -1.12. The first-order valence-electron chi connectivity index (χ1n) is 5.79. The van der Waals surface area contributed by atoms with Crippen LogP contribution in [0.4, 0.5) is 10.1 Å². The van der Waals surface area contributed by atoms with Gasteiger partial charge in [0.2, 0.25) is 0 Å². The summed E-state index contributed by atoms with van der Waals surface area (Å²) in [4.78, 5) is 2.17. The Kier molecular flexibility index (Phi) is 5.57. The van der Waals surface area contributed by atoms with Crippen molar-refractivity contribution in [2.24, 2.45) is 0 Å². The molecule has 0 bridgehead atoms. The standard InChI is InChI=1S/C13H17BrFN3/c1-9(2)18(3)7-6-17-11-5-4-10(8-16)12(14)13(11)15/h4-5,9,17H,6-7H2,1-3H3. The maximum absolute atomic E-state index is 13.9. The molecule has 0 spiro atoms. The van der Waals surface area contributed by atoms with Gasteiger partial charge < -0.3 is 10.2 Å². The van der Waals surface area contributed by atoms with E-state index in [-0.39, 0.29) is 4.47 Å². The number of halogens is 2. The SMILES string of the molecule is CC(C)N(C)CCNc1ccc(C#N)c(Br)c1F. The van der Waals surface area contributed by atoms with E-state index in [1.54, 1.807) is 12.1 Å². The topological polar surface area (TPSA) is 39.1 Å². The van der Waals surface area contributed by atoms with Crippen molar-refractivity contribution in [1.29, 1.82) is 5.26 Å². The molecular formula is C13H17BrFN3. The molecule has 1 aromatic rings. The van der Waals surface area contributed by atoms with Gasteiger partial charge in [-0.3, -0.25) is 0 Å². The predicted molar refractivity (Wildman–Crippen MR) is 75.1 cm³/mol. The lowest BCUT2D eigenvalue weighted by atomic mass is 10.2. The number of nitrogens with one attached hydrogen (secondary N) is 1. The number of hydrogen-bond donors (Lipinski definition) is 1. The Labute approximate surface area is 116 Å². The van der Waals surface area contributed by atoms with Crippen LogP contribution >= 0.6 is 15.9 Å². The number of benzene rings is 1. The van der Waals surface area contributed by atoms with Crippen LogP contribution in [0.5, 0.6) is 0 Å². The third kappa shape index (κ3) is 3.69. The molecule has 0 saturated heterocycles. The van der Waals surface area contributed by atoms with Crippen molar-refractivity contribution >= 4 is 21.6 Å². The van der Waals surface area contributed by atoms with E-state index in [0.29, 0.717) is 23.8 Å². The van der Waals surface area contributed by atoms with Crippen LogP contribution in [0.25, 0.3) is 0 Å². The van der Waals surface area contributed by atoms with Gasteiger partial charge in [0.15, 0.2) is 5.82 Å². The van der Waals surface area contributed by atoms with Crippen LogP contribution in [0, 0.1) is 17.1 Å². The molecule has 0 atom stereocenters. The van der Waals surface area contributed by atoms with E-state index in [1.807, 2.05) is 13.1 Å². The number of nitrogens with zero attached hydrogens (tertiary/aromatic N) is 2. The second kappa shape index (κ2) is 6.72. The van der Waals surface area contributed by atoms with Crippen molar-refractivity contribution in [3.63, 3.8) is 0 Å². The molecule has 0 saturated carbocycles. The smallest absolute Gasteiger partial charge is 0.161 e. The Morgan fingerprint density at radius 3 is 2.72 bits per heavy atom. The highest BCUT2D eigenvalue weighted by molar-refractivity contribution is 9.10. The molecule has 0 fully saturated rings. The summed E-state index contributed by atoms with van der Waals surface area (Å²) in [5, 5.41) is 11.8. The normalized spacial score (nSPS) is 10.8. The summed E-state index contributed by atoms with van der Waals surface area (Å²) in [7, 11) is 2.03. The van der Waals surface area contributed by atoms with Crippen molar-refractivity contribution in [1.82, 2.24) is 4.90 Å². The molecule has 3 nitrogen and oxygen atoms in total. The lowest BCUT2D eigenvalue weighted by molar-refractivity contribution is 0.284. The molecule has 0 radical (unpaired) electrons. The number of likely N-dealkylation sites (N-methyl/N-ethyl adjacent to an activating group) is 1. The summed E-state index contributed by atoms with van der Waals surface area (Å²) in [5.41, 5.74) is 0.718. The van der Waals surface area contributed by atoms with Gasteiger partial charge in [-0.2, -0.15) is 5.26 Å². The first-order valence-corrected chi connectivity index (χ1v) is 6.59. The minimum absolute atomic E-state index is 0.215. The Morgan fingerprint density at radius 2 is 2.17 bits per heavy atom. The second-order valence-corrected chi connectivity index (χ2v) is 5.19.